The van der Waals surface area contributed by atoms with Crippen LogP contribution in [-0.4, -0.2) is 16.7 Å². The molecule has 3 heterocycles. The number of carbonyl (C=O) groups excluding carboxylic acids is 2. The van der Waals surface area contributed by atoms with Crippen molar-refractivity contribution in [2.75, 3.05) is 0 Å². The zero-order valence-corrected chi connectivity index (χ0v) is 15.3. The summed E-state index contributed by atoms with van der Waals surface area (Å²) in [5.74, 6) is -0.163. The molecule has 0 radical (unpaired) electrons. The van der Waals surface area contributed by atoms with E-state index in [4.69, 9.17) is 0 Å². The van der Waals surface area contributed by atoms with Crippen molar-refractivity contribution in [3.05, 3.63) is 73.6 Å². The first kappa shape index (κ1) is 16.1. The zero-order chi connectivity index (χ0) is 17.2. The molecular formula is C18H12N2O2S3. The van der Waals surface area contributed by atoms with Crippen molar-refractivity contribution < 1.29 is 9.59 Å². The summed E-state index contributed by atoms with van der Waals surface area (Å²) in [6.45, 7) is 0.386. The SMILES string of the molecule is O=C(c1cccs1)c1ccc(CNC(=O)c2nc3ccccc3s2)s1. The molecule has 0 atom stereocenters. The van der Waals surface area contributed by atoms with Gasteiger partial charge < -0.3 is 5.32 Å². The van der Waals surface area contributed by atoms with Gasteiger partial charge in [0.1, 0.15) is 0 Å². The van der Waals surface area contributed by atoms with E-state index >= 15 is 0 Å². The number of benzene rings is 1. The highest BCUT2D eigenvalue weighted by molar-refractivity contribution is 7.20. The van der Waals surface area contributed by atoms with Gasteiger partial charge in [-0.3, -0.25) is 9.59 Å². The van der Waals surface area contributed by atoms with Crippen molar-refractivity contribution in [3.8, 4) is 0 Å². The third kappa shape index (κ3) is 3.39. The second-order valence-electron chi connectivity index (χ2n) is 5.24. The Bertz CT molecular complexity index is 1010. The maximum Gasteiger partial charge on any atom is 0.280 e. The van der Waals surface area contributed by atoms with Crippen LogP contribution < -0.4 is 5.32 Å². The van der Waals surface area contributed by atoms with Crippen molar-refractivity contribution in [1.82, 2.24) is 10.3 Å². The van der Waals surface area contributed by atoms with Crippen LogP contribution >= 0.6 is 34.0 Å². The third-order valence-electron chi connectivity index (χ3n) is 3.54. The molecular weight excluding hydrogens is 372 g/mol. The van der Waals surface area contributed by atoms with Crippen LogP contribution in [0.3, 0.4) is 0 Å². The van der Waals surface area contributed by atoms with Gasteiger partial charge in [0.15, 0.2) is 5.01 Å². The van der Waals surface area contributed by atoms with Crippen molar-refractivity contribution in [2.24, 2.45) is 0 Å². The fourth-order valence-corrected chi connectivity index (χ4v) is 4.86. The van der Waals surface area contributed by atoms with E-state index in [9.17, 15) is 9.59 Å². The Balaban J connectivity index is 1.43. The predicted octanol–water partition coefficient (Wildman–Crippen LogP) is 4.58. The Kier molecular flexibility index (Phi) is 4.44. The summed E-state index contributed by atoms with van der Waals surface area (Å²) in [6.07, 6.45) is 0. The van der Waals surface area contributed by atoms with Gasteiger partial charge in [0.2, 0.25) is 5.78 Å². The monoisotopic (exact) mass is 384 g/mol. The van der Waals surface area contributed by atoms with Crippen LogP contribution in [0, 0.1) is 0 Å². The van der Waals surface area contributed by atoms with E-state index in [0.717, 1.165) is 20.0 Å². The Morgan fingerprint density at radius 3 is 2.64 bits per heavy atom. The number of nitrogens with zero attached hydrogens (tertiary/aromatic N) is 1. The van der Waals surface area contributed by atoms with Crippen LogP contribution in [0.15, 0.2) is 53.9 Å². The van der Waals surface area contributed by atoms with Gasteiger partial charge in [-0.05, 0) is 35.7 Å². The molecule has 7 heteroatoms. The number of hydrogen-bond donors (Lipinski definition) is 1. The molecule has 0 saturated carbocycles. The average molecular weight is 385 g/mol. The minimum absolute atomic E-state index is 0.0312. The van der Waals surface area contributed by atoms with Crippen LogP contribution in [0.25, 0.3) is 10.2 Å². The fourth-order valence-electron chi connectivity index (χ4n) is 2.34. The van der Waals surface area contributed by atoms with Crippen LogP contribution in [0.1, 0.15) is 29.2 Å². The number of nitrogens with one attached hydrogen (secondary N) is 1. The van der Waals surface area contributed by atoms with Crippen LogP contribution in [0.2, 0.25) is 0 Å². The number of thiazole rings is 1. The zero-order valence-electron chi connectivity index (χ0n) is 12.9. The third-order valence-corrected chi connectivity index (χ3v) is 6.53. The molecule has 1 N–H and O–H groups in total. The number of thiophene rings is 2. The maximum absolute atomic E-state index is 12.3. The van der Waals surface area contributed by atoms with Gasteiger partial charge in [0, 0.05) is 4.88 Å². The van der Waals surface area contributed by atoms with Crippen LogP contribution in [-0.2, 0) is 6.54 Å². The number of hydrogen-bond acceptors (Lipinski definition) is 6. The van der Waals surface area contributed by atoms with E-state index in [1.807, 2.05) is 53.9 Å². The van der Waals surface area contributed by atoms with Crippen molar-refractivity contribution in [1.29, 1.82) is 0 Å². The Morgan fingerprint density at radius 1 is 0.960 bits per heavy atom. The first-order valence-corrected chi connectivity index (χ1v) is 10.0. The van der Waals surface area contributed by atoms with Gasteiger partial charge in [-0.15, -0.1) is 34.0 Å². The Hall–Kier alpha value is -2.35. The predicted molar refractivity (Wildman–Crippen MR) is 103 cm³/mol. The minimum Gasteiger partial charge on any atom is -0.345 e. The van der Waals surface area contributed by atoms with Crippen LogP contribution in [0.5, 0.6) is 0 Å². The topological polar surface area (TPSA) is 59.1 Å². The quantitative estimate of drug-likeness (QED) is 0.512. The lowest BCUT2D eigenvalue weighted by atomic mass is 10.3. The van der Waals surface area contributed by atoms with Crippen molar-refractivity contribution in [3.63, 3.8) is 0 Å². The van der Waals surface area contributed by atoms with E-state index in [-0.39, 0.29) is 11.7 Å². The smallest absolute Gasteiger partial charge is 0.280 e. The molecule has 0 aliphatic heterocycles. The summed E-state index contributed by atoms with van der Waals surface area (Å²) >= 11 is 4.22. The van der Waals surface area contributed by atoms with Crippen molar-refractivity contribution >= 4 is 55.9 Å². The summed E-state index contributed by atoms with van der Waals surface area (Å²) in [5, 5.41) is 5.21. The standard InChI is InChI=1S/C18H12N2O2S3/c21-16(14-6-3-9-23-14)15-8-7-11(24-15)10-19-17(22)18-20-12-4-1-2-5-13(12)25-18/h1-9H,10H2,(H,19,22). The molecule has 124 valence electrons. The number of para-hydroxylation sites is 1. The Morgan fingerprint density at radius 2 is 1.84 bits per heavy atom. The first-order chi connectivity index (χ1) is 12.2. The molecule has 0 aliphatic rings. The van der Waals surface area contributed by atoms with Gasteiger partial charge in [-0.25, -0.2) is 4.98 Å². The molecule has 4 nitrogen and oxygen atoms in total. The summed E-state index contributed by atoms with van der Waals surface area (Å²) in [6, 6.07) is 15.1. The lowest BCUT2D eigenvalue weighted by molar-refractivity contribution is 0.0950. The second kappa shape index (κ2) is 6.87. The summed E-state index contributed by atoms with van der Waals surface area (Å²) in [4.78, 5) is 31.3. The van der Waals surface area contributed by atoms with E-state index in [0.29, 0.717) is 16.4 Å². The van der Waals surface area contributed by atoms with E-state index in [1.165, 1.54) is 34.0 Å². The Labute approximate surface area is 155 Å². The molecule has 0 bridgehead atoms. The fraction of sp³-hybridized carbons (Fsp3) is 0.0556. The van der Waals surface area contributed by atoms with Gasteiger partial charge in [0.05, 0.1) is 26.5 Å². The number of amides is 1. The highest BCUT2D eigenvalue weighted by Gasteiger charge is 2.15. The summed E-state index contributed by atoms with van der Waals surface area (Å²) in [7, 11) is 0. The molecule has 0 unspecified atom stereocenters. The highest BCUT2D eigenvalue weighted by atomic mass is 32.1. The lowest BCUT2D eigenvalue weighted by Gasteiger charge is -2.00. The maximum atomic E-state index is 12.3. The molecule has 0 saturated heterocycles. The molecule has 4 aromatic rings. The number of fused-ring (bicyclic) bond motifs is 1. The largest absolute Gasteiger partial charge is 0.345 e. The first-order valence-electron chi connectivity index (χ1n) is 7.51. The molecule has 0 spiro atoms. The number of aromatic nitrogens is 1. The van der Waals surface area contributed by atoms with Gasteiger partial charge in [-0.1, -0.05) is 18.2 Å². The summed E-state index contributed by atoms with van der Waals surface area (Å²) < 4.78 is 0.993. The molecule has 1 amide bonds. The van der Waals surface area contributed by atoms with E-state index < -0.39 is 0 Å². The van der Waals surface area contributed by atoms with Gasteiger partial charge in [-0.2, -0.15) is 0 Å². The van der Waals surface area contributed by atoms with E-state index in [2.05, 4.69) is 10.3 Å². The number of ketones is 1. The lowest BCUT2D eigenvalue weighted by Crippen LogP contribution is -2.22. The second-order valence-corrected chi connectivity index (χ2v) is 8.39. The molecule has 4 rings (SSSR count). The normalized spacial score (nSPS) is 10.9. The van der Waals surface area contributed by atoms with Crippen LogP contribution in [0.4, 0.5) is 0 Å². The number of rotatable bonds is 5. The molecule has 3 aromatic heterocycles. The number of carbonyl (C=O) groups is 2. The summed E-state index contributed by atoms with van der Waals surface area (Å²) in [5.41, 5.74) is 0.831. The minimum atomic E-state index is -0.194. The molecule has 25 heavy (non-hydrogen) atoms. The van der Waals surface area contributed by atoms with Gasteiger partial charge >= 0.3 is 0 Å². The molecule has 1 aromatic carbocycles. The van der Waals surface area contributed by atoms with E-state index in [1.54, 1.807) is 0 Å². The molecule has 0 fully saturated rings. The molecule has 0 aliphatic carbocycles. The van der Waals surface area contributed by atoms with Crippen molar-refractivity contribution in [2.45, 2.75) is 6.54 Å². The average Bonchev–Trinajstić information content (AvgIpc) is 3.39. The van der Waals surface area contributed by atoms with Gasteiger partial charge in [0.25, 0.3) is 5.91 Å². The highest BCUT2D eigenvalue weighted by Crippen LogP contribution is 2.23.